The SMILES string of the molecule is COc1ccc(Br)c(C(=O)NCC2(N3CCOCC3)CCC2)c1. The highest BCUT2D eigenvalue weighted by molar-refractivity contribution is 9.10. The molecule has 0 spiro atoms. The minimum atomic E-state index is -0.0599. The fraction of sp³-hybridized carbons (Fsp3) is 0.588. The molecule has 6 heteroatoms. The van der Waals surface area contributed by atoms with Gasteiger partial charge in [0.1, 0.15) is 5.75 Å². The summed E-state index contributed by atoms with van der Waals surface area (Å²) in [5.74, 6) is 0.625. The molecule has 1 aromatic rings. The first kappa shape index (κ1) is 16.7. The van der Waals surface area contributed by atoms with Crippen LogP contribution in [0.4, 0.5) is 0 Å². The molecule has 1 saturated heterocycles. The van der Waals surface area contributed by atoms with Crippen LogP contribution in [0.2, 0.25) is 0 Å². The van der Waals surface area contributed by atoms with E-state index in [9.17, 15) is 4.79 Å². The number of carbonyl (C=O) groups is 1. The molecular weight excluding hydrogens is 360 g/mol. The van der Waals surface area contributed by atoms with Crippen molar-refractivity contribution in [3.8, 4) is 5.75 Å². The monoisotopic (exact) mass is 382 g/mol. The van der Waals surface area contributed by atoms with E-state index in [1.54, 1.807) is 13.2 Å². The van der Waals surface area contributed by atoms with Gasteiger partial charge < -0.3 is 14.8 Å². The van der Waals surface area contributed by atoms with Crippen molar-refractivity contribution in [2.75, 3.05) is 40.0 Å². The molecule has 5 nitrogen and oxygen atoms in total. The summed E-state index contributed by atoms with van der Waals surface area (Å²) >= 11 is 3.45. The van der Waals surface area contributed by atoms with Crippen LogP contribution in [0.3, 0.4) is 0 Å². The largest absolute Gasteiger partial charge is 0.497 e. The number of carbonyl (C=O) groups excluding carboxylic acids is 1. The van der Waals surface area contributed by atoms with Crippen molar-refractivity contribution in [3.05, 3.63) is 28.2 Å². The van der Waals surface area contributed by atoms with Gasteiger partial charge in [0.25, 0.3) is 5.91 Å². The van der Waals surface area contributed by atoms with Crippen LogP contribution in [-0.4, -0.2) is 56.3 Å². The fourth-order valence-electron chi connectivity index (χ4n) is 3.37. The van der Waals surface area contributed by atoms with Crippen LogP contribution in [-0.2, 0) is 4.74 Å². The van der Waals surface area contributed by atoms with Gasteiger partial charge in [-0.1, -0.05) is 0 Å². The van der Waals surface area contributed by atoms with Crippen molar-refractivity contribution in [1.29, 1.82) is 0 Å². The molecule has 1 N–H and O–H groups in total. The third-order valence-corrected chi connectivity index (χ3v) is 5.65. The van der Waals surface area contributed by atoms with Crippen molar-refractivity contribution in [1.82, 2.24) is 10.2 Å². The second kappa shape index (κ2) is 7.20. The van der Waals surface area contributed by atoms with Gasteiger partial charge in [-0.05, 0) is 53.4 Å². The first-order valence-electron chi connectivity index (χ1n) is 8.09. The predicted octanol–water partition coefficient (Wildman–Crippen LogP) is 2.44. The average Bonchev–Trinajstić information content (AvgIpc) is 2.55. The van der Waals surface area contributed by atoms with Gasteiger partial charge in [0.05, 0.1) is 25.9 Å². The lowest BCUT2D eigenvalue weighted by Gasteiger charge is -2.51. The number of morpholine rings is 1. The minimum absolute atomic E-state index is 0.0599. The lowest BCUT2D eigenvalue weighted by atomic mass is 9.75. The van der Waals surface area contributed by atoms with E-state index in [0.29, 0.717) is 17.9 Å². The lowest BCUT2D eigenvalue weighted by molar-refractivity contribution is -0.0540. The standard InChI is InChI=1S/C17H23BrN2O3/c1-22-13-3-4-15(18)14(11-13)16(21)19-12-17(5-2-6-17)20-7-9-23-10-8-20/h3-4,11H,2,5-10,12H2,1H3,(H,19,21). The van der Waals surface area contributed by atoms with Gasteiger partial charge in [-0.15, -0.1) is 0 Å². The number of nitrogens with zero attached hydrogens (tertiary/aromatic N) is 1. The Morgan fingerprint density at radius 3 is 2.74 bits per heavy atom. The molecule has 3 rings (SSSR count). The Balaban J connectivity index is 1.66. The zero-order valence-electron chi connectivity index (χ0n) is 13.4. The highest BCUT2D eigenvalue weighted by atomic mass is 79.9. The molecule has 0 radical (unpaired) electrons. The summed E-state index contributed by atoms with van der Waals surface area (Å²) in [6.45, 7) is 4.18. The van der Waals surface area contributed by atoms with Gasteiger partial charge in [-0.25, -0.2) is 0 Å². The molecule has 1 aliphatic carbocycles. The van der Waals surface area contributed by atoms with Gasteiger partial charge in [-0.3, -0.25) is 9.69 Å². The Labute approximate surface area is 145 Å². The smallest absolute Gasteiger partial charge is 0.252 e. The number of hydrogen-bond donors (Lipinski definition) is 1. The van der Waals surface area contributed by atoms with Crippen LogP contribution in [0.1, 0.15) is 29.6 Å². The Hall–Kier alpha value is -1.11. The molecule has 0 atom stereocenters. The highest BCUT2D eigenvalue weighted by Crippen LogP contribution is 2.37. The van der Waals surface area contributed by atoms with Crippen LogP contribution in [0, 0.1) is 0 Å². The maximum atomic E-state index is 12.6. The molecule has 23 heavy (non-hydrogen) atoms. The summed E-state index contributed by atoms with van der Waals surface area (Å²) in [6, 6.07) is 5.44. The van der Waals surface area contributed by atoms with Crippen LogP contribution in [0.25, 0.3) is 0 Å². The Morgan fingerprint density at radius 2 is 2.13 bits per heavy atom. The summed E-state index contributed by atoms with van der Waals surface area (Å²) < 4.78 is 11.4. The van der Waals surface area contributed by atoms with Crippen molar-refractivity contribution in [3.63, 3.8) is 0 Å². The van der Waals surface area contributed by atoms with Crippen LogP contribution >= 0.6 is 15.9 Å². The van der Waals surface area contributed by atoms with E-state index in [4.69, 9.17) is 9.47 Å². The molecular formula is C17H23BrN2O3. The van der Waals surface area contributed by atoms with Gasteiger partial charge >= 0.3 is 0 Å². The van der Waals surface area contributed by atoms with Crippen molar-refractivity contribution < 1.29 is 14.3 Å². The first-order chi connectivity index (χ1) is 11.1. The number of hydrogen-bond acceptors (Lipinski definition) is 4. The number of methoxy groups -OCH3 is 1. The van der Waals surface area contributed by atoms with Crippen molar-refractivity contribution >= 4 is 21.8 Å². The molecule has 0 aromatic heterocycles. The molecule has 1 aromatic carbocycles. The van der Waals surface area contributed by atoms with Gasteiger partial charge in [0, 0.05) is 29.6 Å². The Morgan fingerprint density at radius 1 is 1.39 bits per heavy atom. The second-order valence-corrected chi connectivity index (χ2v) is 7.06. The van der Waals surface area contributed by atoms with E-state index in [1.165, 1.54) is 6.42 Å². The number of nitrogens with one attached hydrogen (secondary N) is 1. The van der Waals surface area contributed by atoms with E-state index in [1.807, 2.05) is 12.1 Å². The van der Waals surface area contributed by atoms with Crippen LogP contribution in [0.5, 0.6) is 5.75 Å². The number of ether oxygens (including phenoxy) is 2. The van der Waals surface area contributed by atoms with E-state index in [2.05, 4.69) is 26.1 Å². The summed E-state index contributed by atoms with van der Waals surface area (Å²) in [6.07, 6.45) is 3.52. The minimum Gasteiger partial charge on any atom is -0.497 e. The number of rotatable bonds is 5. The number of halogens is 1. The molecule has 1 heterocycles. The third kappa shape index (κ3) is 3.54. The third-order valence-electron chi connectivity index (χ3n) is 4.96. The molecule has 2 aliphatic rings. The van der Waals surface area contributed by atoms with E-state index in [0.717, 1.165) is 43.6 Å². The first-order valence-corrected chi connectivity index (χ1v) is 8.88. The summed E-state index contributed by atoms with van der Waals surface area (Å²) in [5, 5.41) is 3.12. The molecule has 1 aliphatic heterocycles. The van der Waals surface area contributed by atoms with Crippen LogP contribution in [0.15, 0.2) is 22.7 Å². The summed E-state index contributed by atoms with van der Waals surface area (Å²) in [7, 11) is 1.60. The highest BCUT2D eigenvalue weighted by Gasteiger charge is 2.43. The topological polar surface area (TPSA) is 50.8 Å². The van der Waals surface area contributed by atoms with E-state index < -0.39 is 0 Å². The molecule has 126 valence electrons. The average molecular weight is 383 g/mol. The summed E-state index contributed by atoms with van der Waals surface area (Å²) in [5.41, 5.74) is 0.728. The Bertz CT molecular complexity index is 569. The summed E-state index contributed by atoms with van der Waals surface area (Å²) in [4.78, 5) is 15.1. The molecule has 1 amide bonds. The zero-order chi connectivity index (χ0) is 16.3. The van der Waals surface area contributed by atoms with Crippen molar-refractivity contribution in [2.45, 2.75) is 24.8 Å². The van der Waals surface area contributed by atoms with Gasteiger partial charge in [0.15, 0.2) is 0 Å². The number of benzene rings is 1. The maximum absolute atomic E-state index is 12.6. The van der Waals surface area contributed by atoms with E-state index in [-0.39, 0.29) is 11.4 Å². The quantitative estimate of drug-likeness (QED) is 0.849. The normalized spacial score (nSPS) is 20.6. The zero-order valence-corrected chi connectivity index (χ0v) is 15.0. The molecule has 1 saturated carbocycles. The van der Waals surface area contributed by atoms with E-state index >= 15 is 0 Å². The van der Waals surface area contributed by atoms with Gasteiger partial charge in [0.2, 0.25) is 0 Å². The number of amides is 1. The second-order valence-electron chi connectivity index (χ2n) is 6.21. The molecule has 0 bridgehead atoms. The predicted molar refractivity (Wildman–Crippen MR) is 92.0 cm³/mol. The molecule has 2 fully saturated rings. The van der Waals surface area contributed by atoms with Crippen molar-refractivity contribution in [2.24, 2.45) is 0 Å². The fourth-order valence-corrected chi connectivity index (χ4v) is 3.80. The molecule has 0 unspecified atom stereocenters. The maximum Gasteiger partial charge on any atom is 0.252 e. The van der Waals surface area contributed by atoms with Crippen LogP contribution < -0.4 is 10.1 Å². The Kier molecular flexibility index (Phi) is 5.24. The van der Waals surface area contributed by atoms with Gasteiger partial charge in [-0.2, -0.15) is 0 Å². The lowest BCUT2D eigenvalue weighted by Crippen LogP contribution is -2.62.